The molecular weight excluding hydrogens is 232 g/mol. The molecule has 4 nitrogen and oxygen atoms in total. The molecule has 0 saturated heterocycles. The van der Waals surface area contributed by atoms with Gasteiger partial charge in [0.15, 0.2) is 5.11 Å². The van der Waals surface area contributed by atoms with E-state index in [1.165, 1.54) is 5.56 Å². The Morgan fingerprint density at radius 2 is 2.24 bits per heavy atom. The fraction of sp³-hybridized carbons (Fsp3) is 0.667. The zero-order valence-electron chi connectivity index (χ0n) is 11.1. The van der Waals surface area contributed by atoms with E-state index in [4.69, 9.17) is 12.2 Å². The summed E-state index contributed by atoms with van der Waals surface area (Å²) >= 11 is 5.22. The van der Waals surface area contributed by atoms with Crippen LogP contribution in [-0.2, 0) is 6.54 Å². The molecule has 1 rings (SSSR count). The van der Waals surface area contributed by atoms with Crippen LogP contribution in [0.3, 0.4) is 0 Å². The summed E-state index contributed by atoms with van der Waals surface area (Å²) in [6.45, 7) is 10.1. The Balaban J connectivity index is 2.59. The highest BCUT2D eigenvalue weighted by atomic mass is 32.1. The molecule has 0 aliphatic carbocycles. The molecule has 1 aromatic heterocycles. The van der Waals surface area contributed by atoms with E-state index in [-0.39, 0.29) is 6.04 Å². The number of rotatable bonds is 5. The van der Waals surface area contributed by atoms with Gasteiger partial charge in [-0.2, -0.15) is 5.10 Å². The average Bonchev–Trinajstić information content (AvgIpc) is 2.68. The normalized spacial score (nSPS) is 12.2. The van der Waals surface area contributed by atoms with Crippen LogP contribution in [0.5, 0.6) is 0 Å². The first kappa shape index (κ1) is 14.0. The molecule has 0 aromatic carbocycles. The lowest BCUT2D eigenvalue weighted by molar-refractivity contribution is 0.650. The van der Waals surface area contributed by atoms with Gasteiger partial charge in [-0.1, -0.05) is 6.92 Å². The smallest absolute Gasteiger partial charge is 0.166 e. The third kappa shape index (κ3) is 4.00. The second-order valence-corrected chi connectivity index (χ2v) is 4.56. The van der Waals surface area contributed by atoms with E-state index in [9.17, 15) is 0 Å². The first-order valence-electron chi connectivity index (χ1n) is 6.16. The summed E-state index contributed by atoms with van der Waals surface area (Å²) in [6, 6.07) is 0.187. The number of hydrogen-bond donors (Lipinski definition) is 2. The summed E-state index contributed by atoms with van der Waals surface area (Å²) < 4.78 is 1.95. The van der Waals surface area contributed by atoms with Crippen molar-refractivity contribution in [2.45, 2.75) is 46.7 Å². The molecule has 0 amide bonds. The van der Waals surface area contributed by atoms with E-state index in [1.807, 2.05) is 11.6 Å². The summed E-state index contributed by atoms with van der Waals surface area (Å²) in [4.78, 5) is 0. The van der Waals surface area contributed by atoms with Gasteiger partial charge in [0.25, 0.3) is 0 Å². The quantitative estimate of drug-likeness (QED) is 0.790. The third-order valence-electron chi connectivity index (χ3n) is 2.66. The molecule has 1 aromatic rings. The lowest BCUT2D eigenvalue weighted by atomic mass is 10.1. The van der Waals surface area contributed by atoms with Crippen molar-refractivity contribution in [3.05, 3.63) is 17.5 Å². The molecule has 1 atom stereocenters. The highest BCUT2D eigenvalue weighted by Crippen LogP contribution is 2.15. The average molecular weight is 254 g/mol. The Bertz CT molecular complexity index is 373. The Morgan fingerprint density at radius 3 is 2.76 bits per heavy atom. The largest absolute Gasteiger partial charge is 0.363 e. The zero-order valence-corrected chi connectivity index (χ0v) is 11.9. The molecule has 0 aliphatic rings. The first-order valence-corrected chi connectivity index (χ1v) is 6.57. The second-order valence-electron chi connectivity index (χ2n) is 4.15. The van der Waals surface area contributed by atoms with Gasteiger partial charge in [0.05, 0.1) is 11.7 Å². The van der Waals surface area contributed by atoms with Gasteiger partial charge in [-0.25, -0.2) is 0 Å². The van der Waals surface area contributed by atoms with Crippen molar-refractivity contribution < 1.29 is 0 Å². The Hall–Kier alpha value is -1.10. The number of nitrogens with one attached hydrogen (secondary N) is 2. The van der Waals surface area contributed by atoms with E-state index in [1.54, 1.807) is 0 Å². The molecule has 0 spiro atoms. The minimum atomic E-state index is 0.187. The monoisotopic (exact) mass is 254 g/mol. The molecule has 17 heavy (non-hydrogen) atoms. The van der Waals surface area contributed by atoms with Crippen molar-refractivity contribution in [2.75, 3.05) is 6.54 Å². The number of aromatic nitrogens is 2. The fourth-order valence-electron chi connectivity index (χ4n) is 1.68. The minimum absolute atomic E-state index is 0.187. The molecule has 5 heteroatoms. The predicted molar refractivity (Wildman–Crippen MR) is 75.1 cm³/mol. The molecule has 96 valence electrons. The van der Waals surface area contributed by atoms with Crippen molar-refractivity contribution in [3.63, 3.8) is 0 Å². The maximum atomic E-state index is 5.22. The van der Waals surface area contributed by atoms with Gasteiger partial charge >= 0.3 is 0 Å². The van der Waals surface area contributed by atoms with Crippen LogP contribution in [0.1, 0.15) is 44.5 Å². The van der Waals surface area contributed by atoms with E-state index in [0.717, 1.165) is 25.2 Å². The van der Waals surface area contributed by atoms with Gasteiger partial charge in [-0.3, -0.25) is 4.68 Å². The Labute approximate surface area is 109 Å². The molecule has 0 saturated carbocycles. The Morgan fingerprint density at radius 1 is 1.53 bits per heavy atom. The van der Waals surface area contributed by atoms with Crippen LogP contribution in [0.4, 0.5) is 0 Å². The number of nitrogens with zero attached hydrogens (tertiary/aromatic N) is 2. The summed E-state index contributed by atoms with van der Waals surface area (Å²) in [5.74, 6) is 0. The van der Waals surface area contributed by atoms with E-state index in [2.05, 4.69) is 42.7 Å². The van der Waals surface area contributed by atoms with E-state index < -0.39 is 0 Å². The fourth-order valence-corrected chi connectivity index (χ4v) is 1.96. The van der Waals surface area contributed by atoms with Gasteiger partial charge < -0.3 is 10.6 Å². The highest BCUT2D eigenvalue weighted by Gasteiger charge is 2.12. The summed E-state index contributed by atoms with van der Waals surface area (Å²) in [5.41, 5.74) is 2.26. The standard InChI is InChI=1S/C12H22N4S/c1-5-7-13-12(17)14-9(3)11-8-16(6-2)15-10(11)4/h8-9H,5-7H2,1-4H3,(H2,13,14,17). The minimum Gasteiger partial charge on any atom is -0.363 e. The van der Waals surface area contributed by atoms with E-state index >= 15 is 0 Å². The summed E-state index contributed by atoms with van der Waals surface area (Å²) in [7, 11) is 0. The highest BCUT2D eigenvalue weighted by molar-refractivity contribution is 7.80. The van der Waals surface area contributed by atoms with Crippen LogP contribution in [0.25, 0.3) is 0 Å². The maximum Gasteiger partial charge on any atom is 0.166 e. The molecule has 1 unspecified atom stereocenters. The Kier molecular flexibility index (Phi) is 5.41. The number of aryl methyl sites for hydroxylation is 2. The van der Waals surface area contributed by atoms with Gasteiger partial charge in [0, 0.05) is 24.8 Å². The molecular formula is C12H22N4S. The van der Waals surface area contributed by atoms with Crippen molar-refractivity contribution in [3.8, 4) is 0 Å². The van der Waals surface area contributed by atoms with Crippen LogP contribution in [-0.4, -0.2) is 21.4 Å². The summed E-state index contributed by atoms with van der Waals surface area (Å²) in [5, 5.41) is 11.6. The second kappa shape index (κ2) is 6.59. The predicted octanol–water partition coefficient (Wildman–Crippen LogP) is 2.15. The van der Waals surface area contributed by atoms with Gasteiger partial charge in [0.1, 0.15) is 0 Å². The zero-order chi connectivity index (χ0) is 12.8. The number of thiocarbonyl (C=S) groups is 1. The van der Waals surface area contributed by atoms with E-state index in [0.29, 0.717) is 5.11 Å². The van der Waals surface area contributed by atoms with Gasteiger partial charge in [0.2, 0.25) is 0 Å². The molecule has 0 aliphatic heterocycles. The van der Waals surface area contributed by atoms with Crippen LogP contribution in [0, 0.1) is 6.92 Å². The lowest BCUT2D eigenvalue weighted by Crippen LogP contribution is -2.37. The van der Waals surface area contributed by atoms with Crippen LogP contribution in [0.2, 0.25) is 0 Å². The molecule has 1 heterocycles. The molecule has 0 fully saturated rings. The van der Waals surface area contributed by atoms with Crippen molar-refractivity contribution in [2.24, 2.45) is 0 Å². The van der Waals surface area contributed by atoms with Crippen molar-refractivity contribution in [1.29, 1.82) is 0 Å². The molecule has 0 bridgehead atoms. The summed E-state index contributed by atoms with van der Waals surface area (Å²) in [6.07, 6.45) is 3.15. The van der Waals surface area contributed by atoms with Crippen molar-refractivity contribution >= 4 is 17.3 Å². The van der Waals surface area contributed by atoms with Gasteiger partial charge in [-0.15, -0.1) is 0 Å². The third-order valence-corrected chi connectivity index (χ3v) is 2.92. The molecule has 0 radical (unpaired) electrons. The lowest BCUT2D eigenvalue weighted by Gasteiger charge is -2.16. The number of hydrogen-bond acceptors (Lipinski definition) is 2. The first-order chi connectivity index (χ1) is 8.08. The van der Waals surface area contributed by atoms with Crippen molar-refractivity contribution in [1.82, 2.24) is 20.4 Å². The maximum absolute atomic E-state index is 5.22. The van der Waals surface area contributed by atoms with Crippen LogP contribution in [0.15, 0.2) is 6.20 Å². The molecule has 2 N–H and O–H groups in total. The van der Waals surface area contributed by atoms with Crippen LogP contribution >= 0.6 is 12.2 Å². The van der Waals surface area contributed by atoms with Crippen LogP contribution < -0.4 is 10.6 Å². The SMILES string of the molecule is CCCNC(=S)NC(C)c1cn(CC)nc1C. The van der Waals surface area contributed by atoms with Gasteiger partial charge in [-0.05, 0) is 39.4 Å². The topological polar surface area (TPSA) is 41.9 Å².